The Bertz CT molecular complexity index is 157. The molecule has 0 aliphatic rings. The smallest absolute Gasteiger partial charge is 0.384 e. The maximum atomic E-state index is 11.9. The summed E-state index contributed by atoms with van der Waals surface area (Å²) < 4.78 is 35.7. The number of aliphatic hydroxyl groups excluding tert-OH is 1. The summed E-state index contributed by atoms with van der Waals surface area (Å²) in [6, 6.07) is 0. The van der Waals surface area contributed by atoms with Crippen LogP contribution in [0.3, 0.4) is 0 Å². The van der Waals surface area contributed by atoms with E-state index in [0.29, 0.717) is 6.42 Å². The van der Waals surface area contributed by atoms with Crippen molar-refractivity contribution in [3.05, 3.63) is 0 Å². The van der Waals surface area contributed by atoms with Crippen molar-refractivity contribution in [3.63, 3.8) is 0 Å². The van der Waals surface area contributed by atoms with Crippen LogP contribution < -0.4 is 0 Å². The zero-order valence-corrected chi connectivity index (χ0v) is 10.0. The van der Waals surface area contributed by atoms with Crippen LogP contribution in [0, 0.1) is 0 Å². The summed E-state index contributed by atoms with van der Waals surface area (Å²) in [4.78, 5) is 0. The van der Waals surface area contributed by atoms with E-state index in [1.165, 1.54) is 25.7 Å². The second-order valence-electron chi connectivity index (χ2n) is 4.32. The molecule has 0 aromatic rings. The molecule has 1 atom stereocenters. The molecule has 0 amide bonds. The normalized spacial score (nSPS) is 14.1. The molecule has 0 rings (SSSR count). The Morgan fingerprint density at radius 2 is 1.31 bits per heavy atom. The van der Waals surface area contributed by atoms with Gasteiger partial charge in [-0.2, -0.15) is 13.2 Å². The number of aliphatic hydroxyl groups is 1. The SMILES string of the molecule is CCCCCCCCCC[C@H](O)C(F)(F)F. The van der Waals surface area contributed by atoms with Crippen molar-refractivity contribution in [2.24, 2.45) is 0 Å². The van der Waals surface area contributed by atoms with Crippen LogP contribution in [0.1, 0.15) is 64.7 Å². The van der Waals surface area contributed by atoms with E-state index in [-0.39, 0.29) is 6.42 Å². The van der Waals surface area contributed by atoms with Crippen LogP contribution in [-0.2, 0) is 0 Å². The first-order chi connectivity index (χ1) is 7.48. The van der Waals surface area contributed by atoms with Crippen LogP contribution in [0.4, 0.5) is 13.2 Å². The summed E-state index contributed by atoms with van der Waals surface area (Å²) >= 11 is 0. The molecule has 0 bridgehead atoms. The highest BCUT2D eigenvalue weighted by Crippen LogP contribution is 2.24. The van der Waals surface area contributed by atoms with Crippen molar-refractivity contribution >= 4 is 0 Å². The van der Waals surface area contributed by atoms with Crippen molar-refractivity contribution in [2.45, 2.75) is 77.0 Å². The predicted octanol–water partition coefficient (Wildman–Crippen LogP) is 4.44. The Hall–Kier alpha value is -0.250. The second kappa shape index (κ2) is 8.85. The Balaban J connectivity index is 3.21. The molecule has 4 heteroatoms. The van der Waals surface area contributed by atoms with Crippen molar-refractivity contribution in [1.29, 1.82) is 0 Å². The van der Waals surface area contributed by atoms with E-state index in [0.717, 1.165) is 19.3 Å². The maximum Gasteiger partial charge on any atom is 0.414 e. The Morgan fingerprint density at radius 1 is 0.875 bits per heavy atom. The molecular weight excluding hydrogens is 217 g/mol. The first-order valence-corrected chi connectivity index (χ1v) is 6.23. The number of halogens is 3. The van der Waals surface area contributed by atoms with Crippen LogP contribution in [-0.4, -0.2) is 17.4 Å². The van der Waals surface area contributed by atoms with Crippen LogP contribution in [0.25, 0.3) is 0 Å². The maximum absolute atomic E-state index is 11.9. The van der Waals surface area contributed by atoms with Crippen LogP contribution in [0.2, 0.25) is 0 Å². The summed E-state index contributed by atoms with van der Waals surface area (Å²) in [5.41, 5.74) is 0. The fourth-order valence-electron chi connectivity index (χ4n) is 1.64. The molecule has 0 aromatic carbocycles. The lowest BCUT2D eigenvalue weighted by Gasteiger charge is -2.13. The summed E-state index contributed by atoms with van der Waals surface area (Å²) in [5.74, 6) is 0. The lowest BCUT2D eigenvalue weighted by atomic mass is 10.1. The topological polar surface area (TPSA) is 20.2 Å². The summed E-state index contributed by atoms with van der Waals surface area (Å²) in [5, 5.41) is 8.73. The van der Waals surface area contributed by atoms with Gasteiger partial charge in [0.25, 0.3) is 0 Å². The molecule has 1 nitrogen and oxygen atoms in total. The molecule has 0 aliphatic carbocycles. The molecule has 0 heterocycles. The van der Waals surface area contributed by atoms with E-state index in [1.807, 2.05) is 0 Å². The highest BCUT2D eigenvalue weighted by atomic mass is 19.4. The van der Waals surface area contributed by atoms with Gasteiger partial charge in [0.15, 0.2) is 0 Å². The Kier molecular flexibility index (Phi) is 8.71. The van der Waals surface area contributed by atoms with Gasteiger partial charge in [0.05, 0.1) is 0 Å². The third-order valence-corrected chi connectivity index (χ3v) is 2.71. The lowest BCUT2D eigenvalue weighted by molar-refractivity contribution is -0.205. The van der Waals surface area contributed by atoms with Crippen LogP contribution in [0.15, 0.2) is 0 Å². The third kappa shape index (κ3) is 9.01. The molecule has 0 unspecified atom stereocenters. The quantitative estimate of drug-likeness (QED) is 0.591. The predicted molar refractivity (Wildman–Crippen MR) is 59.3 cm³/mol. The van der Waals surface area contributed by atoms with E-state index < -0.39 is 12.3 Å². The molecule has 0 aromatic heterocycles. The molecule has 0 spiro atoms. The number of hydrogen-bond acceptors (Lipinski definition) is 1. The number of unbranched alkanes of at least 4 members (excludes halogenated alkanes) is 7. The minimum absolute atomic E-state index is 0.154. The Morgan fingerprint density at radius 3 is 1.75 bits per heavy atom. The lowest BCUT2D eigenvalue weighted by Crippen LogP contribution is -2.28. The van der Waals surface area contributed by atoms with E-state index >= 15 is 0 Å². The highest BCUT2D eigenvalue weighted by Gasteiger charge is 2.37. The van der Waals surface area contributed by atoms with Gasteiger partial charge in [0.1, 0.15) is 6.10 Å². The minimum atomic E-state index is -4.44. The molecule has 16 heavy (non-hydrogen) atoms. The van der Waals surface area contributed by atoms with Gasteiger partial charge in [0, 0.05) is 0 Å². The molecular formula is C12H23F3O. The summed E-state index contributed by atoms with van der Waals surface area (Å²) in [6.45, 7) is 2.15. The van der Waals surface area contributed by atoms with Crippen molar-refractivity contribution in [1.82, 2.24) is 0 Å². The second-order valence-corrected chi connectivity index (χ2v) is 4.32. The summed E-state index contributed by atoms with van der Waals surface area (Å²) in [7, 11) is 0. The van der Waals surface area contributed by atoms with Gasteiger partial charge >= 0.3 is 6.18 Å². The fraction of sp³-hybridized carbons (Fsp3) is 1.00. The molecule has 0 radical (unpaired) electrons. The van der Waals surface area contributed by atoms with Gasteiger partial charge in [-0.05, 0) is 6.42 Å². The van der Waals surface area contributed by atoms with E-state index in [1.54, 1.807) is 0 Å². The Labute approximate surface area is 96.0 Å². The minimum Gasteiger partial charge on any atom is -0.384 e. The largest absolute Gasteiger partial charge is 0.414 e. The first kappa shape index (κ1) is 15.8. The molecule has 0 fully saturated rings. The highest BCUT2D eigenvalue weighted by molar-refractivity contribution is 4.64. The van der Waals surface area contributed by atoms with E-state index in [2.05, 4.69) is 6.92 Å². The zero-order valence-electron chi connectivity index (χ0n) is 10.0. The van der Waals surface area contributed by atoms with Gasteiger partial charge in [-0.3, -0.25) is 0 Å². The molecule has 98 valence electrons. The van der Waals surface area contributed by atoms with Crippen molar-refractivity contribution in [2.75, 3.05) is 0 Å². The van der Waals surface area contributed by atoms with Crippen LogP contribution in [0.5, 0.6) is 0 Å². The standard InChI is InChI=1S/C12H23F3O/c1-2-3-4-5-6-7-8-9-10-11(16)12(13,14)15/h11,16H,2-10H2,1H3/t11-/m0/s1. The van der Waals surface area contributed by atoms with E-state index in [4.69, 9.17) is 5.11 Å². The summed E-state index contributed by atoms with van der Waals surface area (Å²) in [6.07, 6.45) is 1.46. The van der Waals surface area contributed by atoms with Gasteiger partial charge in [-0.15, -0.1) is 0 Å². The van der Waals surface area contributed by atoms with Gasteiger partial charge < -0.3 is 5.11 Å². The van der Waals surface area contributed by atoms with Gasteiger partial charge in [-0.1, -0.05) is 58.3 Å². The zero-order chi connectivity index (χ0) is 12.4. The van der Waals surface area contributed by atoms with Gasteiger partial charge in [-0.25, -0.2) is 0 Å². The monoisotopic (exact) mass is 240 g/mol. The first-order valence-electron chi connectivity index (χ1n) is 6.23. The number of hydrogen-bond donors (Lipinski definition) is 1. The molecule has 0 saturated carbocycles. The average Bonchev–Trinajstić information content (AvgIpc) is 2.20. The molecule has 1 N–H and O–H groups in total. The number of alkyl halides is 3. The fourth-order valence-corrected chi connectivity index (χ4v) is 1.64. The third-order valence-electron chi connectivity index (χ3n) is 2.71. The van der Waals surface area contributed by atoms with Gasteiger partial charge in [0.2, 0.25) is 0 Å². The molecule has 0 aliphatic heterocycles. The molecule has 0 saturated heterocycles. The van der Waals surface area contributed by atoms with Crippen molar-refractivity contribution < 1.29 is 18.3 Å². The van der Waals surface area contributed by atoms with Crippen LogP contribution >= 0.6 is 0 Å². The number of rotatable bonds is 9. The van der Waals surface area contributed by atoms with E-state index in [9.17, 15) is 13.2 Å². The average molecular weight is 240 g/mol. The van der Waals surface area contributed by atoms with Crippen molar-refractivity contribution in [3.8, 4) is 0 Å².